The highest BCUT2D eigenvalue weighted by Gasteiger charge is 2.48. The number of carbonyl (C=O) groups is 2. The minimum atomic E-state index is -0.983. The molecule has 1 aromatic carbocycles. The van der Waals surface area contributed by atoms with Crippen LogP contribution >= 0.6 is 15.9 Å². The summed E-state index contributed by atoms with van der Waals surface area (Å²) in [6.07, 6.45) is 5.48. The molecule has 4 rings (SSSR count). The number of aliphatic carboxylic acids is 1. The van der Waals surface area contributed by atoms with Crippen molar-refractivity contribution < 1.29 is 24.2 Å². The summed E-state index contributed by atoms with van der Waals surface area (Å²) in [7, 11) is 0. The highest BCUT2D eigenvalue weighted by molar-refractivity contribution is 9.10. The van der Waals surface area contributed by atoms with Gasteiger partial charge in [-0.05, 0) is 65.1 Å². The van der Waals surface area contributed by atoms with Gasteiger partial charge in [0.1, 0.15) is 17.8 Å². The number of carbonyl (C=O) groups excluding carboxylic acids is 1. The maximum atomic E-state index is 12.6. The number of rotatable bonds is 6. The monoisotopic (exact) mass is 502 g/mol. The number of hydrogen-bond donors (Lipinski definition) is 1. The van der Waals surface area contributed by atoms with E-state index in [9.17, 15) is 14.7 Å². The third-order valence-corrected chi connectivity index (χ3v) is 7.21. The van der Waals surface area contributed by atoms with E-state index in [-0.39, 0.29) is 24.7 Å². The fraction of sp³-hybridized carbons (Fsp3) is 0.458. The molecule has 1 saturated heterocycles. The third-order valence-electron chi connectivity index (χ3n) is 6.75. The molecular weight excluding hydrogens is 476 g/mol. The van der Waals surface area contributed by atoms with E-state index in [0.717, 1.165) is 35.0 Å². The summed E-state index contributed by atoms with van der Waals surface area (Å²) in [6.45, 7) is 1.26. The lowest BCUT2D eigenvalue weighted by molar-refractivity contribution is -0.156. The Morgan fingerprint density at radius 2 is 1.81 bits per heavy atom. The summed E-state index contributed by atoms with van der Waals surface area (Å²) in [6, 6.07) is 13.5. The molecule has 1 aromatic heterocycles. The number of carboxylic acid groups (broad SMARTS) is 1. The second-order valence-electron chi connectivity index (χ2n) is 8.76. The van der Waals surface area contributed by atoms with E-state index in [1.807, 2.05) is 42.5 Å². The van der Waals surface area contributed by atoms with Crippen LogP contribution in [0.5, 0.6) is 0 Å². The van der Waals surface area contributed by atoms with Crippen LogP contribution in [-0.4, -0.2) is 46.7 Å². The van der Waals surface area contributed by atoms with Gasteiger partial charge in [-0.1, -0.05) is 36.4 Å². The molecule has 2 aliphatic rings. The highest BCUT2D eigenvalue weighted by Crippen LogP contribution is 2.51. The van der Waals surface area contributed by atoms with Gasteiger partial charge in [-0.15, -0.1) is 0 Å². The molecular formula is C24H27BrN2O5. The molecule has 0 unspecified atom stereocenters. The molecule has 1 aliphatic carbocycles. The first-order valence-corrected chi connectivity index (χ1v) is 11.6. The molecule has 7 nitrogen and oxygen atoms in total. The van der Waals surface area contributed by atoms with Crippen LogP contribution in [0.15, 0.2) is 53.3 Å². The number of amides is 1. The molecule has 32 heavy (non-hydrogen) atoms. The zero-order valence-electron chi connectivity index (χ0n) is 17.8. The first kappa shape index (κ1) is 22.7. The van der Waals surface area contributed by atoms with Gasteiger partial charge in [0, 0.05) is 24.8 Å². The highest BCUT2D eigenvalue weighted by atomic mass is 79.9. The van der Waals surface area contributed by atoms with Crippen molar-refractivity contribution in [2.75, 3.05) is 19.7 Å². The second-order valence-corrected chi connectivity index (χ2v) is 9.57. The van der Waals surface area contributed by atoms with Crippen molar-refractivity contribution in [3.63, 3.8) is 0 Å². The second kappa shape index (κ2) is 9.58. The van der Waals surface area contributed by atoms with Crippen LogP contribution in [0.3, 0.4) is 0 Å². The Morgan fingerprint density at radius 1 is 1.06 bits per heavy atom. The maximum Gasteiger partial charge on any atom is 0.410 e. The number of nitrogens with zero attached hydrogens (tertiary/aromatic N) is 2. The molecule has 170 valence electrons. The predicted molar refractivity (Wildman–Crippen MR) is 121 cm³/mol. The third kappa shape index (κ3) is 5.13. The molecule has 1 aliphatic heterocycles. The van der Waals surface area contributed by atoms with Crippen molar-refractivity contribution in [1.29, 1.82) is 0 Å². The van der Waals surface area contributed by atoms with E-state index in [4.69, 9.17) is 9.47 Å². The van der Waals surface area contributed by atoms with Gasteiger partial charge >= 0.3 is 12.1 Å². The van der Waals surface area contributed by atoms with Crippen molar-refractivity contribution in [1.82, 2.24) is 9.88 Å². The number of pyridine rings is 1. The SMILES string of the molecule is O=C(O)COC1(c2ccc(Br)nc2)CCC2(CCN(C(=O)OCc3ccccc3)C2)CC1. The molecule has 1 saturated carbocycles. The molecule has 0 bridgehead atoms. The Bertz CT molecular complexity index is 943. The van der Waals surface area contributed by atoms with Crippen molar-refractivity contribution in [2.24, 2.45) is 5.41 Å². The number of carboxylic acids is 1. The van der Waals surface area contributed by atoms with Gasteiger partial charge in [0.25, 0.3) is 0 Å². The molecule has 1 amide bonds. The number of halogens is 1. The van der Waals surface area contributed by atoms with E-state index in [1.165, 1.54) is 0 Å². The van der Waals surface area contributed by atoms with E-state index in [0.29, 0.717) is 25.9 Å². The summed E-state index contributed by atoms with van der Waals surface area (Å²) >= 11 is 3.35. The van der Waals surface area contributed by atoms with Gasteiger partial charge in [-0.2, -0.15) is 0 Å². The Kier molecular flexibility index (Phi) is 6.81. The predicted octanol–water partition coefficient (Wildman–Crippen LogP) is 4.74. The van der Waals surface area contributed by atoms with E-state index < -0.39 is 11.6 Å². The lowest BCUT2D eigenvalue weighted by Gasteiger charge is -2.44. The summed E-state index contributed by atoms with van der Waals surface area (Å²) in [5, 5.41) is 9.18. The molecule has 2 aromatic rings. The van der Waals surface area contributed by atoms with Gasteiger partial charge in [0.15, 0.2) is 0 Å². The quantitative estimate of drug-likeness (QED) is 0.573. The Morgan fingerprint density at radius 3 is 2.47 bits per heavy atom. The number of aromatic nitrogens is 1. The van der Waals surface area contributed by atoms with E-state index in [2.05, 4.69) is 20.9 Å². The van der Waals surface area contributed by atoms with E-state index >= 15 is 0 Å². The van der Waals surface area contributed by atoms with Gasteiger partial charge in [0.05, 0.1) is 5.60 Å². The molecule has 8 heteroatoms. The zero-order chi connectivity index (χ0) is 22.6. The topological polar surface area (TPSA) is 89.0 Å². The van der Waals surface area contributed by atoms with E-state index in [1.54, 1.807) is 11.1 Å². The van der Waals surface area contributed by atoms with Crippen molar-refractivity contribution in [2.45, 2.75) is 44.3 Å². The van der Waals surface area contributed by atoms with Gasteiger partial charge in [-0.25, -0.2) is 14.6 Å². The molecule has 1 spiro atoms. The Balaban J connectivity index is 1.39. The van der Waals surface area contributed by atoms with Crippen LogP contribution in [0.2, 0.25) is 0 Å². The minimum Gasteiger partial charge on any atom is -0.480 e. The number of hydrogen-bond acceptors (Lipinski definition) is 5. The standard InChI is InChI=1S/C24H27BrN2O5/c25-20-7-6-19(14-26-20)24(32-16-21(28)29)10-8-23(9-11-24)12-13-27(17-23)22(30)31-15-18-4-2-1-3-5-18/h1-7,14H,8-13,15-17H2,(H,28,29). The maximum absolute atomic E-state index is 12.6. The van der Waals surface area contributed by atoms with Crippen molar-refractivity contribution >= 4 is 28.0 Å². The number of likely N-dealkylation sites (tertiary alicyclic amines) is 1. The van der Waals surface area contributed by atoms with Crippen LogP contribution in [-0.2, 0) is 26.5 Å². The van der Waals surface area contributed by atoms with Crippen LogP contribution < -0.4 is 0 Å². The number of ether oxygens (including phenoxy) is 2. The summed E-state index contributed by atoms with van der Waals surface area (Å²) < 4.78 is 12.2. The average Bonchev–Trinajstić information content (AvgIpc) is 3.23. The fourth-order valence-electron chi connectivity index (χ4n) is 4.86. The zero-order valence-corrected chi connectivity index (χ0v) is 19.4. The number of benzene rings is 1. The van der Waals surface area contributed by atoms with Gasteiger partial charge in [-0.3, -0.25) is 0 Å². The summed E-state index contributed by atoms with van der Waals surface area (Å²) in [5.74, 6) is -0.983. The lowest BCUT2D eigenvalue weighted by Crippen LogP contribution is -2.42. The first-order chi connectivity index (χ1) is 15.4. The largest absolute Gasteiger partial charge is 0.480 e. The minimum absolute atomic E-state index is 0.0185. The first-order valence-electron chi connectivity index (χ1n) is 10.8. The van der Waals surface area contributed by atoms with Crippen LogP contribution in [0.4, 0.5) is 4.79 Å². The Labute approximate surface area is 195 Å². The van der Waals surface area contributed by atoms with Crippen molar-refractivity contribution in [3.8, 4) is 0 Å². The fourth-order valence-corrected chi connectivity index (χ4v) is 5.09. The lowest BCUT2D eigenvalue weighted by atomic mass is 9.66. The molecule has 0 radical (unpaired) electrons. The van der Waals surface area contributed by atoms with Crippen LogP contribution in [0.1, 0.15) is 43.2 Å². The summed E-state index contributed by atoms with van der Waals surface area (Å²) in [4.78, 5) is 29.9. The normalized spacial score (nSPS) is 25.1. The average molecular weight is 503 g/mol. The van der Waals surface area contributed by atoms with Gasteiger partial charge in [0.2, 0.25) is 0 Å². The molecule has 2 fully saturated rings. The summed E-state index contributed by atoms with van der Waals surface area (Å²) in [5.41, 5.74) is 1.22. The smallest absolute Gasteiger partial charge is 0.410 e. The van der Waals surface area contributed by atoms with Gasteiger partial charge < -0.3 is 19.5 Å². The van der Waals surface area contributed by atoms with Crippen LogP contribution in [0.25, 0.3) is 0 Å². The Hall–Kier alpha value is -2.45. The molecule has 1 N–H and O–H groups in total. The van der Waals surface area contributed by atoms with Crippen LogP contribution in [0, 0.1) is 5.41 Å². The molecule has 0 atom stereocenters. The van der Waals surface area contributed by atoms with Crippen molar-refractivity contribution in [3.05, 3.63) is 64.4 Å². The molecule has 2 heterocycles.